The van der Waals surface area contributed by atoms with Crippen molar-refractivity contribution in [3.63, 3.8) is 0 Å². The van der Waals surface area contributed by atoms with Gasteiger partial charge in [-0.05, 0) is 38.1 Å². The molecule has 0 amide bonds. The Labute approximate surface area is 166 Å². The second kappa shape index (κ2) is 10.7. The van der Waals surface area contributed by atoms with E-state index in [2.05, 4.69) is 14.9 Å². The molecule has 1 aliphatic rings. The van der Waals surface area contributed by atoms with Crippen LogP contribution in [0.5, 0.6) is 5.88 Å². The highest BCUT2D eigenvalue weighted by Crippen LogP contribution is 2.21. The van der Waals surface area contributed by atoms with Crippen LogP contribution in [-0.4, -0.2) is 68.2 Å². The molecule has 1 atom stereocenters. The highest BCUT2D eigenvalue weighted by Gasteiger charge is 2.18. The van der Waals surface area contributed by atoms with Gasteiger partial charge >= 0.3 is 11.9 Å². The van der Waals surface area contributed by atoms with Gasteiger partial charge in [-0.15, -0.1) is 0 Å². The summed E-state index contributed by atoms with van der Waals surface area (Å²) in [5.74, 6) is -3.04. The van der Waals surface area contributed by atoms with Crippen molar-refractivity contribution in [1.82, 2.24) is 9.88 Å². The molecular weight excluding hydrogens is 390 g/mol. The molecule has 9 nitrogen and oxygen atoms in total. The van der Waals surface area contributed by atoms with Gasteiger partial charge in [0.15, 0.2) is 12.0 Å². The molecule has 0 aliphatic carbocycles. The number of carbonyl (C=O) groups is 2. The fourth-order valence-electron chi connectivity index (χ4n) is 2.73. The van der Waals surface area contributed by atoms with Gasteiger partial charge in [0.2, 0.25) is 5.88 Å². The fraction of sp³-hybridized carbons (Fsp3) is 0.444. The third-order valence-corrected chi connectivity index (χ3v) is 4.37. The van der Waals surface area contributed by atoms with Crippen molar-refractivity contribution in [2.24, 2.45) is 4.99 Å². The van der Waals surface area contributed by atoms with Gasteiger partial charge in [0.05, 0.1) is 11.6 Å². The smallest absolute Gasteiger partial charge is 0.354 e. The lowest BCUT2D eigenvalue weighted by Gasteiger charge is -2.27. The van der Waals surface area contributed by atoms with Crippen LogP contribution in [0.15, 0.2) is 35.1 Å². The van der Waals surface area contributed by atoms with Crippen LogP contribution < -0.4 is 4.74 Å². The summed E-state index contributed by atoms with van der Waals surface area (Å²) in [6, 6.07) is 3.01. The van der Waals surface area contributed by atoms with Crippen molar-refractivity contribution >= 4 is 28.7 Å². The first-order valence-corrected chi connectivity index (χ1v) is 9.19. The number of aliphatic imine (C=N–C) groups is 1. The van der Waals surface area contributed by atoms with Gasteiger partial charge in [-0.1, -0.05) is 18.0 Å². The number of halogens is 1. The number of piperidine rings is 1. The summed E-state index contributed by atoms with van der Waals surface area (Å²) in [5.41, 5.74) is -0.614. The highest BCUT2D eigenvalue weighted by atomic mass is 35.5. The zero-order valence-corrected chi connectivity index (χ0v) is 15.9. The van der Waals surface area contributed by atoms with Crippen LogP contribution in [0.25, 0.3) is 0 Å². The molecule has 1 aromatic heterocycles. The van der Waals surface area contributed by atoms with Gasteiger partial charge in [0.25, 0.3) is 0 Å². The third kappa shape index (κ3) is 6.91. The average Bonchev–Trinajstić information content (AvgIpc) is 2.66. The van der Waals surface area contributed by atoms with Gasteiger partial charge < -0.3 is 25.0 Å². The first kappa shape index (κ1) is 21.8. The number of pyridine rings is 1. The largest absolute Gasteiger partial charge is 0.478 e. The Morgan fingerprint density at radius 2 is 2.04 bits per heavy atom. The molecule has 1 aromatic rings. The van der Waals surface area contributed by atoms with E-state index in [1.807, 2.05) is 0 Å². The monoisotopic (exact) mass is 411 g/mol. The number of hydrogen-bond donors (Lipinski definition) is 3. The minimum absolute atomic E-state index is 0.0255. The van der Waals surface area contributed by atoms with Gasteiger partial charge in [0, 0.05) is 19.2 Å². The number of carboxylic acids is 2. The second-order valence-electron chi connectivity index (χ2n) is 6.20. The van der Waals surface area contributed by atoms with Crippen molar-refractivity contribution in [2.45, 2.75) is 32.0 Å². The lowest BCUT2D eigenvalue weighted by molar-refractivity contribution is -0.135. The molecule has 2 heterocycles. The number of aliphatic hydroxyl groups is 1. The zero-order chi connectivity index (χ0) is 20.5. The van der Waals surface area contributed by atoms with E-state index in [-0.39, 0.29) is 16.6 Å². The summed E-state index contributed by atoms with van der Waals surface area (Å²) < 4.78 is 5.45. The minimum atomic E-state index is -1.55. The summed E-state index contributed by atoms with van der Waals surface area (Å²) in [5, 5.41) is 27.6. The molecule has 28 heavy (non-hydrogen) atoms. The summed E-state index contributed by atoms with van der Waals surface area (Å²) in [6.45, 7) is 2.66. The maximum absolute atomic E-state index is 11.1. The second-order valence-corrected chi connectivity index (χ2v) is 6.55. The Kier molecular flexibility index (Phi) is 8.37. The Morgan fingerprint density at radius 3 is 2.68 bits per heavy atom. The number of hydrogen-bond acceptors (Lipinski definition) is 7. The summed E-state index contributed by atoms with van der Waals surface area (Å²) in [6.07, 6.45) is 4.59. The van der Waals surface area contributed by atoms with Crippen molar-refractivity contribution in [1.29, 1.82) is 0 Å². The molecule has 10 heteroatoms. The topological polar surface area (TPSA) is 133 Å². The average molecular weight is 412 g/mol. The predicted molar refractivity (Wildman–Crippen MR) is 102 cm³/mol. The normalized spacial score (nSPS) is 17.2. The number of aliphatic carboxylic acids is 2. The quantitative estimate of drug-likeness (QED) is 0.317. The molecule has 0 bridgehead atoms. The lowest BCUT2D eigenvalue weighted by Crippen LogP contribution is -2.33. The van der Waals surface area contributed by atoms with E-state index in [1.54, 1.807) is 0 Å². The molecule has 152 valence electrons. The number of aliphatic hydroxyl groups excluding tert-OH is 1. The number of aromatic nitrogens is 1. The first-order chi connectivity index (χ1) is 13.4. The molecule has 0 spiro atoms. The van der Waals surface area contributed by atoms with E-state index in [0.29, 0.717) is 19.0 Å². The number of rotatable bonds is 9. The van der Waals surface area contributed by atoms with Gasteiger partial charge in [-0.3, -0.25) is 0 Å². The molecule has 1 unspecified atom stereocenters. The lowest BCUT2D eigenvalue weighted by atomic mass is 10.1. The third-order valence-electron chi connectivity index (χ3n) is 4.08. The van der Waals surface area contributed by atoms with Crippen LogP contribution in [0, 0.1) is 0 Å². The number of carboxylic acid groups (broad SMARTS) is 2. The SMILES string of the molecule is O=C(O)/C=C(\N=C(Cl)c1cccnc1OC(O)CCN1CCCCC1)C(=O)O. The molecule has 0 saturated carbocycles. The maximum atomic E-state index is 11.1. The van der Waals surface area contributed by atoms with Gasteiger partial charge in [-0.25, -0.2) is 19.6 Å². The zero-order valence-electron chi connectivity index (χ0n) is 15.1. The van der Waals surface area contributed by atoms with E-state index in [0.717, 1.165) is 25.9 Å². The molecule has 2 rings (SSSR count). The molecule has 3 N–H and O–H groups in total. The summed E-state index contributed by atoms with van der Waals surface area (Å²) in [7, 11) is 0. The van der Waals surface area contributed by atoms with Crippen LogP contribution >= 0.6 is 11.6 Å². The Morgan fingerprint density at radius 1 is 1.32 bits per heavy atom. The Bertz CT molecular complexity index is 761. The standard InChI is InChI=1S/C18H22ClN3O6/c19-16(21-13(18(26)27)11-14(23)24)12-5-4-7-20-17(12)28-15(25)6-10-22-8-2-1-3-9-22/h4-5,7,11,15,25H,1-3,6,8-10H2,(H,23,24)(H,26,27)/b13-11-,21-16?. The van der Waals surface area contributed by atoms with E-state index in [4.69, 9.17) is 26.6 Å². The van der Waals surface area contributed by atoms with Crippen molar-refractivity contribution in [3.05, 3.63) is 35.7 Å². The van der Waals surface area contributed by atoms with E-state index in [1.165, 1.54) is 24.8 Å². The van der Waals surface area contributed by atoms with Crippen LogP contribution in [0.4, 0.5) is 0 Å². The van der Waals surface area contributed by atoms with Gasteiger partial charge in [0.1, 0.15) is 5.17 Å². The van der Waals surface area contributed by atoms with Crippen molar-refractivity contribution in [2.75, 3.05) is 19.6 Å². The molecule has 0 radical (unpaired) electrons. The summed E-state index contributed by atoms with van der Waals surface area (Å²) >= 11 is 6.06. The molecule has 1 saturated heterocycles. The minimum Gasteiger partial charge on any atom is -0.478 e. The Hall–Kier alpha value is -2.49. The molecule has 1 aliphatic heterocycles. The van der Waals surface area contributed by atoms with Crippen LogP contribution in [-0.2, 0) is 9.59 Å². The predicted octanol–water partition coefficient (Wildman–Crippen LogP) is 1.69. The molecule has 0 aromatic carbocycles. The number of likely N-dealkylation sites (tertiary alicyclic amines) is 1. The van der Waals surface area contributed by atoms with Gasteiger partial charge in [-0.2, -0.15) is 0 Å². The number of ether oxygens (including phenoxy) is 1. The summed E-state index contributed by atoms with van der Waals surface area (Å²) in [4.78, 5) is 31.7. The van der Waals surface area contributed by atoms with Crippen molar-refractivity contribution < 1.29 is 29.6 Å². The number of nitrogens with zero attached hydrogens (tertiary/aromatic N) is 3. The maximum Gasteiger partial charge on any atom is 0.354 e. The first-order valence-electron chi connectivity index (χ1n) is 8.81. The van der Waals surface area contributed by atoms with Crippen LogP contribution in [0.2, 0.25) is 0 Å². The van der Waals surface area contributed by atoms with E-state index < -0.39 is 23.9 Å². The van der Waals surface area contributed by atoms with Crippen molar-refractivity contribution in [3.8, 4) is 5.88 Å². The van der Waals surface area contributed by atoms with Crippen LogP contribution in [0.1, 0.15) is 31.2 Å². The Balaban J connectivity index is 2.09. The molecule has 1 fully saturated rings. The molecular formula is C18H22ClN3O6. The van der Waals surface area contributed by atoms with E-state index in [9.17, 15) is 14.7 Å². The van der Waals surface area contributed by atoms with Crippen LogP contribution in [0.3, 0.4) is 0 Å². The highest BCUT2D eigenvalue weighted by molar-refractivity contribution is 6.70. The van der Waals surface area contributed by atoms with E-state index >= 15 is 0 Å². The fourth-order valence-corrected chi connectivity index (χ4v) is 2.97.